The van der Waals surface area contributed by atoms with E-state index >= 15 is 0 Å². The molecule has 6 heterocycles. The van der Waals surface area contributed by atoms with Gasteiger partial charge in [0, 0.05) is 89.5 Å². The van der Waals surface area contributed by atoms with Gasteiger partial charge in [-0.1, -0.05) is 133 Å². The molecule has 1 atom stereocenters. The molecule has 2 aliphatic heterocycles. The SMILES string of the molecule is COc1ccc(C2=CC(C(F)F)N=[N+]2c2ccc(S(N)(=O)=O)cc2)cc1F.CS(=O)(=O)c1ccc(C2=C(c3ccccc3)C(=O)OC2)cc1.Cc1ccc(-c2ncc(Cl)cc2-c2ccc(S(C)(=O)=O)cc2)cn1.Cc1nc(C2CCCCC2)c(-c2ccc(S(N)(=O)=O)cc2)o1.Cc1onc(-c2ccccc2)c1-c1ccc(S(N)(=O)=O)cc1. The zero-order valence-corrected chi connectivity index (χ0v) is 68.4. The van der Waals surface area contributed by atoms with Crippen LogP contribution in [0.5, 0.6) is 5.75 Å². The molecule has 1 saturated carbocycles. The number of methoxy groups -OCH3 is 1. The molecule has 4 aromatic heterocycles. The third kappa shape index (κ3) is 21.8. The molecule has 606 valence electrons. The van der Waals surface area contributed by atoms with Gasteiger partial charge in [0.1, 0.15) is 18.1 Å². The van der Waals surface area contributed by atoms with Crippen LogP contribution < -0.4 is 20.2 Å². The number of aryl methyl sites for hydroxylation is 3. The predicted octanol–water partition coefficient (Wildman–Crippen LogP) is 16.3. The highest BCUT2D eigenvalue weighted by Crippen LogP contribution is 2.41. The van der Waals surface area contributed by atoms with E-state index in [1.165, 1.54) is 110 Å². The van der Waals surface area contributed by atoms with Crippen molar-refractivity contribution in [2.24, 2.45) is 20.5 Å². The number of oxazole rings is 1. The Morgan fingerprint density at radius 1 is 0.547 bits per heavy atom. The lowest BCUT2D eigenvalue weighted by atomic mass is 9.85. The second kappa shape index (κ2) is 36.8. The number of ether oxygens (including phenoxy) is 2. The van der Waals surface area contributed by atoms with Crippen LogP contribution in [0.2, 0.25) is 5.02 Å². The van der Waals surface area contributed by atoms with E-state index < -0.39 is 68.0 Å². The largest absolute Gasteiger partial charge is 0.494 e. The van der Waals surface area contributed by atoms with Crippen LogP contribution in [0.25, 0.3) is 72.9 Å². The Balaban J connectivity index is 0.000000144. The lowest BCUT2D eigenvalue weighted by Gasteiger charge is -2.20. The molecule has 8 aromatic carbocycles. The van der Waals surface area contributed by atoms with Crippen molar-refractivity contribution in [3.63, 3.8) is 0 Å². The van der Waals surface area contributed by atoms with Gasteiger partial charge in [0.05, 0.1) is 64.7 Å². The molecule has 1 unspecified atom stereocenters. The number of sulfone groups is 2. The molecule has 12 aromatic rings. The van der Waals surface area contributed by atoms with Crippen LogP contribution in [0.4, 0.5) is 18.9 Å². The van der Waals surface area contributed by atoms with Crippen molar-refractivity contribution in [2.45, 2.75) is 95.7 Å². The number of sulfonamides is 3. The first-order valence-electron chi connectivity index (χ1n) is 35.8. The minimum Gasteiger partial charge on any atom is -0.494 e. The molecule has 15 rings (SSSR count). The number of nitrogens with two attached hydrogens (primary N) is 3. The van der Waals surface area contributed by atoms with Gasteiger partial charge in [-0.3, -0.25) is 9.97 Å². The fraction of sp³-hybridized carbons (Fsp3) is 0.179. The molecule has 0 saturated heterocycles. The fourth-order valence-corrected chi connectivity index (χ4v) is 15.8. The molecule has 0 bridgehead atoms. The Bertz CT molecular complexity index is 6330. The van der Waals surface area contributed by atoms with Gasteiger partial charge >= 0.3 is 5.97 Å². The van der Waals surface area contributed by atoms with Crippen LogP contribution in [0, 0.1) is 26.6 Å². The number of carbonyl (C=O) groups excluding carboxylic acids is 1. The first-order chi connectivity index (χ1) is 55.4. The molecule has 117 heavy (non-hydrogen) atoms. The van der Waals surface area contributed by atoms with Crippen molar-refractivity contribution in [2.75, 3.05) is 26.2 Å². The van der Waals surface area contributed by atoms with Gasteiger partial charge in [-0.25, -0.2) is 80.5 Å². The molecule has 1 aliphatic carbocycles. The van der Waals surface area contributed by atoms with Crippen LogP contribution >= 0.6 is 11.6 Å². The number of carbonyl (C=O) groups is 1. The number of hydrogen-bond donors (Lipinski definition) is 3. The van der Waals surface area contributed by atoms with Gasteiger partial charge in [0.15, 0.2) is 48.9 Å². The number of benzene rings is 8. The quantitative estimate of drug-likeness (QED) is 0.0563. The van der Waals surface area contributed by atoms with Crippen molar-refractivity contribution in [3.8, 4) is 61.8 Å². The third-order valence-corrected chi connectivity index (χ3v) is 23.9. The molecule has 33 heteroatoms. The van der Waals surface area contributed by atoms with E-state index in [-0.39, 0.29) is 48.5 Å². The zero-order chi connectivity index (χ0) is 84.3. The summed E-state index contributed by atoms with van der Waals surface area (Å²) in [5.41, 5.74) is 13.2. The highest BCUT2D eigenvalue weighted by molar-refractivity contribution is 7.91. The number of pyridine rings is 2. The molecule has 1 fully saturated rings. The monoisotopic (exact) mass is 1700 g/mol. The van der Waals surface area contributed by atoms with E-state index in [2.05, 4.69) is 25.2 Å². The van der Waals surface area contributed by atoms with Gasteiger partial charge in [-0.15, -0.1) is 0 Å². The number of aromatic nitrogens is 4. The van der Waals surface area contributed by atoms with Crippen molar-refractivity contribution in [3.05, 3.63) is 287 Å². The minimum absolute atomic E-state index is 0.0174. The van der Waals surface area contributed by atoms with Crippen molar-refractivity contribution in [1.82, 2.24) is 20.1 Å². The summed E-state index contributed by atoms with van der Waals surface area (Å²) in [6.07, 6.45) is 10.2. The molecule has 0 spiro atoms. The lowest BCUT2D eigenvalue weighted by molar-refractivity contribution is -0.412. The van der Waals surface area contributed by atoms with Gasteiger partial charge in [-0.2, -0.15) is 0 Å². The van der Waals surface area contributed by atoms with Crippen molar-refractivity contribution in [1.29, 1.82) is 0 Å². The third-order valence-electron chi connectivity index (χ3n) is 18.7. The van der Waals surface area contributed by atoms with E-state index in [0.29, 0.717) is 39.4 Å². The Morgan fingerprint density at radius 2 is 1.05 bits per heavy atom. The van der Waals surface area contributed by atoms with Crippen LogP contribution in [-0.4, -0.2) is 112 Å². The second-order valence-corrected chi connectivity index (χ2v) is 36.2. The highest BCUT2D eigenvalue weighted by atomic mass is 35.5. The van der Waals surface area contributed by atoms with E-state index in [0.717, 1.165) is 103 Å². The van der Waals surface area contributed by atoms with E-state index in [1.807, 2.05) is 99.6 Å². The molecular formula is C84H78ClF3N9O15S5+. The average Bonchev–Trinajstić information content (AvgIpc) is 1.73. The maximum absolute atomic E-state index is 14.0. The minimum atomic E-state index is -3.89. The van der Waals surface area contributed by atoms with E-state index in [9.17, 15) is 60.1 Å². The number of cyclic esters (lactones) is 1. The number of nitrogens with zero attached hydrogens (tertiary/aromatic N) is 6. The molecule has 0 amide bonds. The maximum Gasteiger partial charge on any atom is 0.339 e. The average molecular weight is 1710 g/mol. The Hall–Kier alpha value is -11.5. The number of hydrogen-bond acceptors (Lipinski definition) is 20. The number of halogens is 4. The summed E-state index contributed by atoms with van der Waals surface area (Å²) < 4.78 is 177. The summed E-state index contributed by atoms with van der Waals surface area (Å²) >= 11 is 6.11. The van der Waals surface area contributed by atoms with Crippen molar-refractivity contribution >= 4 is 89.8 Å². The predicted molar refractivity (Wildman–Crippen MR) is 438 cm³/mol. The second-order valence-electron chi connectivity index (χ2n) is 27.1. The summed E-state index contributed by atoms with van der Waals surface area (Å²) in [6, 6.07) is 58.5. The number of alkyl halides is 2. The summed E-state index contributed by atoms with van der Waals surface area (Å²) in [6.45, 7) is 5.78. The Morgan fingerprint density at radius 3 is 1.56 bits per heavy atom. The Labute approximate surface area is 680 Å². The fourth-order valence-electron chi connectivity index (χ4n) is 12.8. The van der Waals surface area contributed by atoms with Crippen LogP contribution in [0.15, 0.2) is 275 Å². The first-order valence-corrected chi connectivity index (χ1v) is 44.6. The highest BCUT2D eigenvalue weighted by Gasteiger charge is 2.37. The van der Waals surface area contributed by atoms with Crippen LogP contribution in [0.3, 0.4) is 0 Å². The number of primary sulfonamides is 3. The van der Waals surface area contributed by atoms with Crippen LogP contribution in [-0.2, 0) is 59.3 Å². The molecule has 0 radical (unpaired) electrons. The first kappa shape index (κ1) is 86.4. The van der Waals surface area contributed by atoms with Gasteiger partial charge in [0.25, 0.3) is 6.43 Å². The number of esters is 1. The maximum atomic E-state index is 14.0. The zero-order valence-electron chi connectivity index (χ0n) is 63.6. The smallest absolute Gasteiger partial charge is 0.339 e. The standard InChI is InChI=1S/C18H15ClN2O2S.C17H15F3N3O3S.C17H14O4S.C16H14N2O3S.C16H20N2O3S/c1-12-3-4-14(10-20-12)18-17(9-15(19)11-21-18)13-5-7-16(8-6-13)24(2,22)23;1-26-16-7-2-10(8-13(16)18)15-9-14(17(19)20)22-23(15)11-3-5-12(6-4-11)27(21,24)25;1-22(19,20)14-9-7-12(8-10-14)15-11-21-17(18)16(15)13-5-3-2-4-6-13;1-11-15(12-7-9-14(10-8-12)22(17,19)20)16(18-21-11)13-5-3-2-4-6-13;1-11-18-15(12-5-3-2-4-6-12)16(21-11)13-7-9-14(10-8-13)22(17,19)20/h3-11H,1-2H3;2-9,14,17H,1H3,(H2,21,24,25);2-10H,11H2,1H3;2-10H,1H3,(H2,17,19,20);7-10,12H,2-6H2,1H3,(H2,17,19,20)/q;+1;;;. The summed E-state index contributed by atoms with van der Waals surface area (Å²) in [5, 5.41) is 23.9. The summed E-state index contributed by atoms with van der Waals surface area (Å²) in [4.78, 5) is 25.9. The number of rotatable bonds is 17. The van der Waals surface area contributed by atoms with Crippen LogP contribution in [0.1, 0.15) is 77.8 Å². The van der Waals surface area contributed by atoms with Gasteiger partial charge in [-0.05, 0) is 168 Å². The topological polar surface area (TPSA) is 377 Å². The molecule has 24 nitrogen and oxygen atoms in total. The van der Waals surface area contributed by atoms with Gasteiger partial charge < -0.3 is 18.4 Å². The van der Waals surface area contributed by atoms with Crippen molar-refractivity contribution < 1.29 is 83.2 Å². The lowest BCUT2D eigenvalue weighted by Crippen LogP contribution is -2.12. The van der Waals surface area contributed by atoms with E-state index in [4.69, 9.17) is 45.4 Å². The molecular weight excluding hydrogens is 1630 g/mol. The summed E-state index contributed by atoms with van der Waals surface area (Å²) in [7, 11) is -16.4. The molecule has 3 aliphatic rings. The van der Waals surface area contributed by atoms with Gasteiger partial charge in [0.2, 0.25) is 41.5 Å². The Kier molecular flexibility index (Phi) is 27.2. The number of azo groups is 2. The summed E-state index contributed by atoms with van der Waals surface area (Å²) in [5.74, 6) is 1.51. The van der Waals surface area contributed by atoms with E-state index in [1.54, 1.807) is 85.2 Å². The normalized spacial score (nSPS) is 14.4. The molecule has 6 N–H and O–H groups in total.